The Kier molecular flexibility index (Phi) is 3.99. The number of aromatic nitrogens is 2. The number of nitrogens with zero attached hydrogens (tertiary/aromatic N) is 4. The van der Waals surface area contributed by atoms with Crippen molar-refractivity contribution >= 4 is 17.1 Å². The topological polar surface area (TPSA) is 71.2 Å². The lowest BCUT2D eigenvalue weighted by atomic mass is 9.77. The smallest absolute Gasteiger partial charge is 0.410 e. The number of nitriles is 1. The number of rotatable bonds is 3. The van der Waals surface area contributed by atoms with E-state index in [9.17, 15) is 10.1 Å². The number of amides is 1. The maximum Gasteiger partial charge on any atom is 0.410 e. The number of hydrogen-bond acceptors (Lipinski definition) is 4. The summed E-state index contributed by atoms with van der Waals surface area (Å²) >= 11 is 0. The molecule has 28 heavy (non-hydrogen) atoms. The van der Waals surface area contributed by atoms with Gasteiger partial charge in [0, 0.05) is 13.1 Å². The van der Waals surface area contributed by atoms with Gasteiger partial charge in [-0.2, -0.15) is 5.26 Å². The Morgan fingerprint density at radius 2 is 2.32 bits per heavy atom. The van der Waals surface area contributed by atoms with Crippen molar-refractivity contribution in [1.82, 2.24) is 14.5 Å². The fraction of sp³-hybridized carbons (Fsp3) is 0.591. The first-order valence-corrected chi connectivity index (χ1v) is 9.95. The molecule has 1 aromatic heterocycles. The molecule has 1 aliphatic heterocycles. The Bertz CT molecular complexity index is 1040. The zero-order valence-corrected chi connectivity index (χ0v) is 16.8. The molecule has 1 spiro atoms. The van der Waals surface area contributed by atoms with Gasteiger partial charge in [0.05, 0.1) is 36.9 Å². The summed E-state index contributed by atoms with van der Waals surface area (Å²) < 4.78 is 24.1. The minimum atomic E-state index is -0.456. The molecular formula is C22H28N4O2. The van der Waals surface area contributed by atoms with E-state index >= 15 is 0 Å². The molecule has 6 nitrogen and oxygen atoms in total. The lowest BCUT2D eigenvalue weighted by molar-refractivity contribution is 0.00413. The number of hydrogen-bond donors (Lipinski definition) is 0. The second-order valence-electron chi connectivity index (χ2n) is 9.49. The van der Waals surface area contributed by atoms with Gasteiger partial charge in [-0.1, -0.05) is 20.8 Å². The van der Waals surface area contributed by atoms with Crippen molar-refractivity contribution < 1.29 is 12.3 Å². The quantitative estimate of drug-likeness (QED) is 0.792. The molecule has 0 radical (unpaired) electrons. The van der Waals surface area contributed by atoms with Gasteiger partial charge >= 0.3 is 6.09 Å². The molecule has 4 rings (SSSR count). The van der Waals surface area contributed by atoms with Crippen LogP contribution in [0.1, 0.15) is 54.8 Å². The van der Waals surface area contributed by atoms with Crippen molar-refractivity contribution in [3.05, 3.63) is 30.0 Å². The third kappa shape index (κ3) is 3.71. The van der Waals surface area contributed by atoms with Gasteiger partial charge in [-0.25, -0.2) is 9.78 Å². The fourth-order valence-corrected chi connectivity index (χ4v) is 4.62. The van der Waals surface area contributed by atoms with E-state index in [2.05, 4.69) is 31.8 Å². The van der Waals surface area contributed by atoms with Crippen molar-refractivity contribution in [2.45, 2.75) is 58.6 Å². The Balaban J connectivity index is 1.56. The summed E-state index contributed by atoms with van der Waals surface area (Å²) in [5, 5.41) is 9.25. The van der Waals surface area contributed by atoms with E-state index in [1.54, 1.807) is 10.6 Å². The molecule has 2 aliphatic rings. The maximum atomic E-state index is 12.5. The number of benzene rings is 1. The van der Waals surface area contributed by atoms with E-state index in [1.807, 2.05) is 4.90 Å². The summed E-state index contributed by atoms with van der Waals surface area (Å²) in [6.45, 7) is 8.21. The highest BCUT2D eigenvalue weighted by Crippen LogP contribution is 2.41. The predicted molar refractivity (Wildman–Crippen MR) is 107 cm³/mol. The van der Waals surface area contributed by atoms with Crippen molar-refractivity contribution in [1.29, 1.82) is 5.26 Å². The second-order valence-corrected chi connectivity index (χ2v) is 9.49. The van der Waals surface area contributed by atoms with Crippen LogP contribution in [0.2, 0.25) is 0 Å². The van der Waals surface area contributed by atoms with Crippen molar-refractivity contribution in [3.63, 3.8) is 0 Å². The van der Waals surface area contributed by atoms with Crippen LogP contribution in [-0.4, -0.2) is 39.2 Å². The summed E-state index contributed by atoms with van der Waals surface area (Å²) in [5.41, 5.74) is 1.06. The van der Waals surface area contributed by atoms with E-state index in [-0.39, 0.29) is 29.8 Å². The van der Waals surface area contributed by atoms with Crippen LogP contribution in [0.3, 0.4) is 0 Å². The van der Waals surface area contributed by atoms with E-state index in [1.165, 1.54) is 6.07 Å². The largest absolute Gasteiger partial charge is 0.441 e. The molecule has 2 aromatic rings. The summed E-state index contributed by atoms with van der Waals surface area (Å²) in [6.07, 6.45) is 3.45. The average Bonchev–Trinajstić information content (AvgIpc) is 3.11. The minimum Gasteiger partial charge on any atom is -0.441 e. The molecular weight excluding hydrogens is 352 g/mol. The third-order valence-electron chi connectivity index (χ3n) is 5.65. The zero-order valence-electron chi connectivity index (χ0n) is 18.8. The predicted octanol–water partition coefficient (Wildman–Crippen LogP) is 4.34. The second kappa shape index (κ2) is 6.80. The Morgan fingerprint density at radius 3 is 3.07 bits per heavy atom. The van der Waals surface area contributed by atoms with Gasteiger partial charge in [-0.05, 0) is 55.2 Å². The number of carbonyl (C=O) groups is 1. The van der Waals surface area contributed by atoms with E-state index < -0.39 is 5.60 Å². The fourth-order valence-electron chi connectivity index (χ4n) is 4.62. The van der Waals surface area contributed by atoms with Gasteiger partial charge in [0.15, 0.2) is 0 Å². The zero-order chi connectivity index (χ0) is 21.7. The number of ether oxygens (including phenoxy) is 1. The number of fused-ring (bicyclic) bond motifs is 1. The standard InChI is InChI=1S/C22H28N4O2/c1-21(2,3)13-26-14-22(28-20(26)27)8-4-5-17(10-22)12-25-15-24-18-7-6-16(11-23)9-19(18)25/h6-7,9,15,17H,4-5,8,10,12-14H2,1-3H3/i7D,15D. The third-order valence-corrected chi connectivity index (χ3v) is 5.65. The van der Waals surface area contributed by atoms with E-state index in [4.69, 9.17) is 7.48 Å². The van der Waals surface area contributed by atoms with E-state index in [0.717, 1.165) is 25.7 Å². The first-order valence-electron chi connectivity index (χ1n) is 10.9. The van der Waals surface area contributed by atoms with Crippen molar-refractivity contribution in [2.24, 2.45) is 11.3 Å². The van der Waals surface area contributed by atoms with Crippen LogP contribution >= 0.6 is 0 Å². The first-order chi connectivity index (χ1) is 14.1. The van der Waals surface area contributed by atoms with Gasteiger partial charge < -0.3 is 14.2 Å². The molecule has 2 heterocycles. The summed E-state index contributed by atoms with van der Waals surface area (Å²) in [4.78, 5) is 18.6. The average molecular weight is 383 g/mol. The highest BCUT2D eigenvalue weighted by Gasteiger charge is 2.48. The highest BCUT2D eigenvalue weighted by atomic mass is 16.6. The molecule has 0 N–H and O–H groups in total. The number of carbonyl (C=O) groups excluding carboxylic acids is 1. The molecule has 1 saturated carbocycles. The van der Waals surface area contributed by atoms with Crippen LogP contribution in [0, 0.1) is 22.7 Å². The van der Waals surface area contributed by atoms with Crippen LogP contribution in [0.15, 0.2) is 24.5 Å². The maximum absolute atomic E-state index is 12.5. The number of imidazole rings is 1. The molecule has 6 heteroatoms. The van der Waals surface area contributed by atoms with Crippen LogP contribution in [-0.2, 0) is 11.3 Å². The Morgan fingerprint density at radius 1 is 1.50 bits per heavy atom. The molecule has 2 atom stereocenters. The molecule has 1 amide bonds. The molecule has 2 unspecified atom stereocenters. The monoisotopic (exact) mass is 382 g/mol. The molecule has 2 fully saturated rings. The molecule has 148 valence electrons. The lowest BCUT2D eigenvalue weighted by Gasteiger charge is -2.36. The van der Waals surface area contributed by atoms with Crippen molar-refractivity contribution in [3.8, 4) is 6.07 Å². The summed E-state index contributed by atoms with van der Waals surface area (Å²) in [6, 6.07) is 5.44. The lowest BCUT2D eigenvalue weighted by Crippen LogP contribution is -2.41. The van der Waals surface area contributed by atoms with Crippen molar-refractivity contribution in [2.75, 3.05) is 13.1 Å². The van der Waals surface area contributed by atoms with Gasteiger partial charge in [0.2, 0.25) is 0 Å². The molecule has 1 saturated heterocycles. The SMILES string of the molecule is [2H]c1cc(C#N)cc2c1nc([2H])n2CC1CCCC2(C1)CN(CC(C)(C)C)C(=O)O2. The van der Waals surface area contributed by atoms with Crippen LogP contribution < -0.4 is 0 Å². The van der Waals surface area contributed by atoms with Gasteiger partial charge in [0.1, 0.15) is 6.97 Å². The van der Waals surface area contributed by atoms with Crippen LogP contribution in [0.25, 0.3) is 11.0 Å². The minimum absolute atomic E-state index is 0.0148. The first kappa shape index (κ1) is 16.4. The van der Waals surface area contributed by atoms with Crippen LogP contribution in [0.5, 0.6) is 0 Å². The molecule has 0 bridgehead atoms. The highest BCUT2D eigenvalue weighted by molar-refractivity contribution is 5.77. The van der Waals surface area contributed by atoms with Gasteiger partial charge in [-0.3, -0.25) is 0 Å². The molecule has 1 aliphatic carbocycles. The Hall–Kier alpha value is -2.55. The van der Waals surface area contributed by atoms with Gasteiger partial charge in [-0.15, -0.1) is 0 Å². The normalized spacial score (nSPS) is 26.3. The summed E-state index contributed by atoms with van der Waals surface area (Å²) in [5.74, 6) is 0.238. The Labute approximate surface area is 168 Å². The molecule has 1 aromatic carbocycles. The van der Waals surface area contributed by atoms with E-state index in [0.29, 0.717) is 36.2 Å². The summed E-state index contributed by atoms with van der Waals surface area (Å²) in [7, 11) is 0. The van der Waals surface area contributed by atoms with Gasteiger partial charge in [0.25, 0.3) is 0 Å². The van der Waals surface area contributed by atoms with Crippen LogP contribution in [0.4, 0.5) is 4.79 Å².